The predicted molar refractivity (Wildman–Crippen MR) is 101 cm³/mol. The summed E-state index contributed by atoms with van der Waals surface area (Å²) in [5.41, 5.74) is 2.27. The molecule has 0 spiro atoms. The number of nitrogens with zero attached hydrogens (tertiary/aromatic N) is 2. The maximum absolute atomic E-state index is 12.9. The van der Waals surface area contributed by atoms with Crippen LogP contribution in [0.25, 0.3) is 0 Å². The summed E-state index contributed by atoms with van der Waals surface area (Å²) in [5.74, 6) is 0.0233. The zero-order valence-corrected chi connectivity index (χ0v) is 15.3. The first-order valence-corrected chi connectivity index (χ1v) is 8.91. The van der Waals surface area contributed by atoms with Crippen LogP contribution in [0.4, 0.5) is 10.5 Å². The highest BCUT2D eigenvalue weighted by atomic mass is 35.5. The highest BCUT2D eigenvalue weighted by Gasteiger charge is 2.26. The van der Waals surface area contributed by atoms with Gasteiger partial charge < -0.3 is 15.5 Å². The van der Waals surface area contributed by atoms with Gasteiger partial charge in [0.1, 0.15) is 0 Å². The van der Waals surface area contributed by atoms with Gasteiger partial charge in [-0.05, 0) is 37.1 Å². The Labute approximate surface area is 157 Å². The van der Waals surface area contributed by atoms with Gasteiger partial charge in [-0.25, -0.2) is 4.79 Å². The molecular formula is C19H21ClN4O2. The second kappa shape index (κ2) is 8.19. The van der Waals surface area contributed by atoms with Crippen molar-refractivity contribution in [2.45, 2.75) is 32.4 Å². The highest BCUT2D eigenvalue weighted by Crippen LogP contribution is 2.25. The van der Waals surface area contributed by atoms with Gasteiger partial charge in [0.15, 0.2) is 0 Å². The maximum Gasteiger partial charge on any atom is 0.322 e. The van der Waals surface area contributed by atoms with Crippen LogP contribution < -0.4 is 10.6 Å². The van der Waals surface area contributed by atoms with Crippen LogP contribution >= 0.6 is 11.6 Å². The summed E-state index contributed by atoms with van der Waals surface area (Å²) in [7, 11) is 0. The number of benzene rings is 1. The molecule has 1 aromatic heterocycles. The number of aryl methyl sites for hydroxylation is 1. The number of anilines is 1. The lowest BCUT2D eigenvalue weighted by atomic mass is 10.2. The molecule has 136 valence electrons. The molecule has 1 atom stereocenters. The molecule has 6 nitrogen and oxygen atoms in total. The molecule has 1 unspecified atom stereocenters. The number of nitrogens with one attached hydrogen (secondary N) is 2. The summed E-state index contributed by atoms with van der Waals surface area (Å²) in [6.45, 7) is 2.65. The van der Waals surface area contributed by atoms with Crippen molar-refractivity contribution in [3.05, 3.63) is 58.9 Å². The highest BCUT2D eigenvalue weighted by molar-refractivity contribution is 6.33. The van der Waals surface area contributed by atoms with Crippen LogP contribution in [0.3, 0.4) is 0 Å². The lowest BCUT2D eigenvalue weighted by Gasteiger charge is -2.26. The van der Waals surface area contributed by atoms with E-state index in [0.29, 0.717) is 30.2 Å². The largest absolute Gasteiger partial charge is 0.352 e. The SMILES string of the molecule is Cc1cccc(Cl)c1NC(=O)N(Cc1ccccn1)CC1CCC(=O)N1. The Bertz CT molecular complexity index is 777. The Balaban J connectivity index is 1.77. The van der Waals surface area contributed by atoms with E-state index in [0.717, 1.165) is 17.7 Å². The quantitative estimate of drug-likeness (QED) is 0.845. The minimum atomic E-state index is -0.270. The van der Waals surface area contributed by atoms with Gasteiger partial charge in [0, 0.05) is 25.2 Å². The van der Waals surface area contributed by atoms with Crippen molar-refractivity contribution in [2.75, 3.05) is 11.9 Å². The third-order valence-electron chi connectivity index (χ3n) is 4.35. The first kappa shape index (κ1) is 18.2. The van der Waals surface area contributed by atoms with Crippen LogP contribution in [0, 0.1) is 6.92 Å². The molecule has 0 radical (unpaired) electrons. The molecule has 2 N–H and O–H groups in total. The number of urea groups is 1. The minimum absolute atomic E-state index is 0.0233. The molecule has 0 aliphatic carbocycles. The van der Waals surface area contributed by atoms with Gasteiger partial charge in [0.05, 0.1) is 22.9 Å². The summed E-state index contributed by atoms with van der Waals surface area (Å²) in [5, 5.41) is 6.29. The zero-order chi connectivity index (χ0) is 18.5. The first-order chi connectivity index (χ1) is 12.5. The molecule has 2 aromatic rings. The number of para-hydroxylation sites is 1. The van der Waals surface area contributed by atoms with E-state index in [-0.39, 0.29) is 18.0 Å². The van der Waals surface area contributed by atoms with Crippen LogP contribution in [-0.2, 0) is 11.3 Å². The molecule has 1 saturated heterocycles. The molecule has 1 aliphatic rings. The number of pyridine rings is 1. The second-order valence-corrected chi connectivity index (χ2v) is 6.77. The Morgan fingerprint density at radius 2 is 2.19 bits per heavy atom. The smallest absolute Gasteiger partial charge is 0.322 e. The number of amides is 3. The van der Waals surface area contributed by atoms with E-state index in [4.69, 9.17) is 11.6 Å². The molecule has 26 heavy (non-hydrogen) atoms. The molecule has 7 heteroatoms. The summed E-state index contributed by atoms with van der Waals surface area (Å²) >= 11 is 6.23. The molecule has 1 fully saturated rings. The van der Waals surface area contributed by atoms with E-state index in [9.17, 15) is 9.59 Å². The van der Waals surface area contributed by atoms with Gasteiger partial charge in [0.2, 0.25) is 5.91 Å². The van der Waals surface area contributed by atoms with E-state index in [1.54, 1.807) is 17.2 Å². The van der Waals surface area contributed by atoms with E-state index in [1.165, 1.54) is 0 Å². The van der Waals surface area contributed by atoms with Gasteiger partial charge in [0.25, 0.3) is 0 Å². The molecular weight excluding hydrogens is 352 g/mol. The van der Waals surface area contributed by atoms with Crippen molar-refractivity contribution < 1.29 is 9.59 Å². The lowest BCUT2D eigenvalue weighted by Crippen LogP contribution is -2.43. The van der Waals surface area contributed by atoms with E-state index in [2.05, 4.69) is 15.6 Å². The molecule has 1 aliphatic heterocycles. The van der Waals surface area contributed by atoms with Crippen LogP contribution in [0.15, 0.2) is 42.6 Å². The molecule has 3 rings (SSSR count). The number of hydrogen-bond donors (Lipinski definition) is 2. The molecule has 2 heterocycles. The molecule has 1 aromatic carbocycles. The van der Waals surface area contributed by atoms with Crippen LogP contribution in [-0.4, -0.2) is 34.4 Å². The van der Waals surface area contributed by atoms with Gasteiger partial charge in [-0.1, -0.05) is 29.8 Å². The molecule has 0 saturated carbocycles. The van der Waals surface area contributed by atoms with Gasteiger partial charge in [-0.3, -0.25) is 9.78 Å². The normalized spacial score (nSPS) is 16.2. The van der Waals surface area contributed by atoms with Gasteiger partial charge in [-0.15, -0.1) is 0 Å². The van der Waals surface area contributed by atoms with E-state index < -0.39 is 0 Å². The lowest BCUT2D eigenvalue weighted by molar-refractivity contribution is -0.119. The van der Waals surface area contributed by atoms with Crippen molar-refractivity contribution in [3.8, 4) is 0 Å². The minimum Gasteiger partial charge on any atom is -0.352 e. The number of rotatable bonds is 5. The van der Waals surface area contributed by atoms with Crippen LogP contribution in [0.2, 0.25) is 5.02 Å². The Morgan fingerprint density at radius 3 is 2.85 bits per heavy atom. The molecule has 3 amide bonds. The predicted octanol–water partition coefficient (Wildman–Crippen LogP) is 3.36. The fourth-order valence-electron chi connectivity index (χ4n) is 2.96. The van der Waals surface area contributed by atoms with E-state index >= 15 is 0 Å². The summed E-state index contributed by atoms with van der Waals surface area (Å²) in [4.78, 5) is 30.3. The number of halogens is 1. The Morgan fingerprint density at radius 1 is 1.35 bits per heavy atom. The molecule has 0 bridgehead atoms. The van der Waals surface area contributed by atoms with Crippen molar-refractivity contribution in [3.63, 3.8) is 0 Å². The third-order valence-corrected chi connectivity index (χ3v) is 4.66. The monoisotopic (exact) mass is 372 g/mol. The van der Waals surface area contributed by atoms with Gasteiger partial charge >= 0.3 is 6.03 Å². The van der Waals surface area contributed by atoms with Crippen LogP contribution in [0.5, 0.6) is 0 Å². The number of hydrogen-bond acceptors (Lipinski definition) is 3. The van der Waals surface area contributed by atoms with Crippen molar-refractivity contribution in [1.29, 1.82) is 0 Å². The third kappa shape index (κ3) is 4.52. The van der Waals surface area contributed by atoms with Crippen LogP contribution in [0.1, 0.15) is 24.1 Å². The number of carbonyl (C=O) groups excluding carboxylic acids is 2. The van der Waals surface area contributed by atoms with E-state index in [1.807, 2.05) is 37.3 Å². The Hall–Kier alpha value is -2.60. The fraction of sp³-hybridized carbons (Fsp3) is 0.316. The first-order valence-electron chi connectivity index (χ1n) is 8.53. The zero-order valence-electron chi connectivity index (χ0n) is 14.5. The second-order valence-electron chi connectivity index (χ2n) is 6.37. The topological polar surface area (TPSA) is 74.3 Å². The van der Waals surface area contributed by atoms with Crippen molar-refractivity contribution >= 4 is 29.2 Å². The average molecular weight is 373 g/mol. The maximum atomic E-state index is 12.9. The summed E-state index contributed by atoms with van der Waals surface area (Å²) in [6.07, 6.45) is 2.91. The van der Waals surface area contributed by atoms with Crippen molar-refractivity contribution in [1.82, 2.24) is 15.2 Å². The number of aromatic nitrogens is 1. The Kier molecular flexibility index (Phi) is 5.73. The fourth-order valence-corrected chi connectivity index (χ4v) is 3.23. The summed E-state index contributed by atoms with van der Waals surface area (Å²) < 4.78 is 0. The standard InChI is InChI=1S/C19H21ClN4O2/c1-13-5-4-7-16(20)18(13)23-19(26)24(11-14-6-2-3-10-21-14)12-15-8-9-17(25)22-15/h2-7,10,15H,8-9,11-12H2,1H3,(H,22,25)(H,23,26). The van der Waals surface area contributed by atoms with Crippen molar-refractivity contribution in [2.24, 2.45) is 0 Å². The number of carbonyl (C=O) groups is 2. The average Bonchev–Trinajstić information content (AvgIpc) is 3.03. The van der Waals surface area contributed by atoms with Gasteiger partial charge in [-0.2, -0.15) is 0 Å². The summed E-state index contributed by atoms with van der Waals surface area (Å²) in [6, 6.07) is 10.7.